The summed E-state index contributed by atoms with van der Waals surface area (Å²) >= 11 is 5.08. The molecule has 1 aromatic rings. The smallest absolute Gasteiger partial charge is 0.378 e. The van der Waals surface area contributed by atoms with Gasteiger partial charge in [0.05, 0.1) is 24.8 Å². The van der Waals surface area contributed by atoms with Gasteiger partial charge in [-0.25, -0.2) is 0 Å². The van der Waals surface area contributed by atoms with Crippen LogP contribution in [0.5, 0.6) is 0 Å². The van der Waals surface area contributed by atoms with Gasteiger partial charge in [-0.15, -0.1) is 0 Å². The van der Waals surface area contributed by atoms with E-state index in [4.69, 9.17) is 17.0 Å². The van der Waals surface area contributed by atoms with Gasteiger partial charge in [-0.1, -0.05) is 24.8 Å². The van der Waals surface area contributed by atoms with Crippen LogP contribution in [0.2, 0.25) is 0 Å². The zero-order valence-electron chi connectivity index (χ0n) is 13.8. The third-order valence-electron chi connectivity index (χ3n) is 4.46. The maximum absolute atomic E-state index is 13.5. The van der Waals surface area contributed by atoms with E-state index in [9.17, 15) is 18.0 Å². The van der Waals surface area contributed by atoms with Crippen LogP contribution in [0.4, 0.5) is 13.2 Å². The number of halogens is 3. The largest absolute Gasteiger partial charge is 0.416 e. The molecule has 0 unspecified atom stereocenters. The van der Waals surface area contributed by atoms with E-state index in [0.717, 1.165) is 6.07 Å². The molecule has 140 valence electrons. The van der Waals surface area contributed by atoms with Gasteiger partial charge in [-0.05, 0) is 23.8 Å². The first-order valence-corrected chi connectivity index (χ1v) is 8.49. The minimum atomic E-state index is -4.54. The van der Waals surface area contributed by atoms with Crippen LogP contribution in [0.25, 0.3) is 0 Å². The zero-order valence-corrected chi connectivity index (χ0v) is 14.6. The number of amides is 1. The quantitative estimate of drug-likeness (QED) is 0.765. The highest BCUT2D eigenvalue weighted by Gasteiger charge is 2.43. The first-order chi connectivity index (χ1) is 12.3. The monoisotopic (exact) mass is 385 g/mol. The molecule has 2 N–H and O–H groups in total. The third kappa shape index (κ3) is 3.68. The van der Waals surface area contributed by atoms with Crippen LogP contribution < -0.4 is 10.6 Å². The molecule has 2 atom stereocenters. The number of hydrogen-bond donors (Lipinski definition) is 2. The second-order valence-corrected chi connectivity index (χ2v) is 6.51. The zero-order chi connectivity index (χ0) is 18.9. The summed E-state index contributed by atoms with van der Waals surface area (Å²) in [6.07, 6.45) is -4.54. The van der Waals surface area contributed by atoms with Crippen molar-refractivity contribution >= 4 is 23.2 Å². The Morgan fingerprint density at radius 3 is 2.58 bits per heavy atom. The molecule has 0 aromatic heterocycles. The normalized spacial score (nSPS) is 24.0. The fourth-order valence-electron chi connectivity index (χ4n) is 3.24. The van der Waals surface area contributed by atoms with Crippen LogP contribution >= 0.6 is 12.2 Å². The molecule has 2 heterocycles. The molecule has 3 rings (SSSR count). The van der Waals surface area contributed by atoms with Crippen LogP contribution in [-0.2, 0) is 15.7 Å². The molecule has 0 radical (unpaired) electrons. The molecule has 2 aliphatic rings. The van der Waals surface area contributed by atoms with Crippen molar-refractivity contribution in [2.75, 3.05) is 26.3 Å². The average Bonchev–Trinajstić information content (AvgIpc) is 2.60. The van der Waals surface area contributed by atoms with Crippen molar-refractivity contribution in [1.29, 1.82) is 0 Å². The average molecular weight is 385 g/mol. The Bertz CT molecular complexity index is 732. The SMILES string of the molecule is C=C1NC(=S)N[C@@H](c2ccccc2C(F)(F)F)[C@@H]1C(=O)N1CCOCC1. The number of alkyl halides is 3. The number of carbonyl (C=O) groups excluding carboxylic acids is 1. The summed E-state index contributed by atoms with van der Waals surface area (Å²) < 4.78 is 45.6. The summed E-state index contributed by atoms with van der Waals surface area (Å²) in [5, 5.41) is 5.74. The lowest BCUT2D eigenvalue weighted by atomic mass is 9.85. The van der Waals surface area contributed by atoms with Crippen molar-refractivity contribution < 1.29 is 22.7 Å². The van der Waals surface area contributed by atoms with Crippen LogP contribution in [0, 0.1) is 5.92 Å². The highest BCUT2D eigenvalue weighted by molar-refractivity contribution is 7.80. The Labute approximate surface area is 154 Å². The molecule has 9 heteroatoms. The van der Waals surface area contributed by atoms with E-state index >= 15 is 0 Å². The van der Waals surface area contributed by atoms with E-state index in [0.29, 0.717) is 26.3 Å². The van der Waals surface area contributed by atoms with E-state index < -0.39 is 23.7 Å². The van der Waals surface area contributed by atoms with Gasteiger partial charge in [0.2, 0.25) is 5.91 Å². The van der Waals surface area contributed by atoms with Gasteiger partial charge in [0.15, 0.2) is 5.11 Å². The highest BCUT2D eigenvalue weighted by Crippen LogP contribution is 2.39. The predicted molar refractivity (Wildman–Crippen MR) is 93.1 cm³/mol. The number of rotatable bonds is 2. The van der Waals surface area contributed by atoms with E-state index in [1.807, 2.05) is 0 Å². The summed E-state index contributed by atoms with van der Waals surface area (Å²) in [6.45, 7) is 5.40. The molecule has 2 saturated heterocycles. The number of morpholine rings is 1. The van der Waals surface area contributed by atoms with Crippen LogP contribution in [0.3, 0.4) is 0 Å². The fourth-order valence-corrected chi connectivity index (χ4v) is 3.50. The minimum Gasteiger partial charge on any atom is -0.378 e. The van der Waals surface area contributed by atoms with Gasteiger partial charge in [-0.2, -0.15) is 13.2 Å². The van der Waals surface area contributed by atoms with Crippen LogP contribution in [0.1, 0.15) is 17.2 Å². The summed E-state index contributed by atoms with van der Waals surface area (Å²) in [4.78, 5) is 14.6. The van der Waals surface area contributed by atoms with Crippen molar-refractivity contribution in [3.8, 4) is 0 Å². The molecule has 0 aliphatic carbocycles. The molecular weight excluding hydrogens is 367 g/mol. The van der Waals surface area contributed by atoms with Crippen molar-refractivity contribution in [2.24, 2.45) is 5.92 Å². The standard InChI is InChI=1S/C17H18F3N3O2S/c1-10-13(15(24)23-6-8-25-9-7-23)14(22-16(26)21-10)11-4-2-3-5-12(11)17(18,19)20/h2-5,13-14H,1,6-9H2,(H2,21,22,26)/t13-,14+/m1/s1. The topological polar surface area (TPSA) is 53.6 Å². The Hall–Kier alpha value is -2.13. The Balaban J connectivity index is 2.00. The summed E-state index contributed by atoms with van der Waals surface area (Å²) in [5.74, 6) is -1.22. The Morgan fingerprint density at radius 1 is 1.27 bits per heavy atom. The molecule has 2 fully saturated rings. The van der Waals surface area contributed by atoms with Crippen LogP contribution in [0.15, 0.2) is 36.5 Å². The molecule has 0 saturated carbocycles. The van der Waals surface area contributed by atoms with Crippen molar-refractivity contribution in [1.82, 2.24) is 15.5 Å². The summed E-state index contributed by atoms with van der Waals surface area (Å²) in [7, 11) is 0. The van der Waals surface area contributed by atoms with E-state index in [1.165, 1.54) is 18.2 Å². The second-order valence-electron chi connectivity index (χ2n) is 6.10. The Morgan fingerprint density at radius 2 is 1.92 bits per heavy atom. The van der Waals surface area contributed by atoms with E-state index in [1.54, 1.807) is 4.90 Å². The predicted octanol–water partition coefficient (Wildman–Crippen LogP) is 2.21. The maximum Gasteiger partial charge on any atom is 0.416 e. The maximum atomic E-state index is 13.5. The number of nitrogens with one attached hydrogen (secondary N) is 2. The third-order valence-corrected chi connectivity index (χ3v) is 4.68. The van der Waals surface area contributed by atoms with Gasteiger partial charge in [0, 0.05) is 18.8 Å². The number of ether oxygens (including phenoxy) is 1. The van der Waals surface area contributed by atoms with Crippen molar-refractivity contribution in [3.05, 3.63) is 47.7 Å². The lowest BCUT2D eigenvalue weighted by Gasteiger charge is -2.39. The first-order valence-electron chi connectivity index (χ1n) is 8.08. The minimum absolute atomic E-state index is 0.0309. The molecular formula is C17H18F3N3O2S. The van der Waals surface area contributed by atoms with E-state index in [-0.39, 0.29) is 22.3 Å². The lowest BCUT2D eigenvalue weighted by molar-refractivity contribution is -0.142. The summed E-state index contributed by atoms with van der Waals surface area (Å²) in [6, 6.07) is 4.24. The molecule has 1 aromatic carbocycles. The lowest BCUT2D eigenvalue weighted by Crippen LogP contribution is -2.55. The van der Waals surface area contributed by atoms with Crippen molar-refractivity contribution in [2.45, 2.75) is 12.2 Å². The van der Waals surface area contributed by atoms with Gasteiger partial charge in [0.25, 0.3) is 0 Å². The molecule has 2 aliphatic heterocycles. The van der Waals surface area contributed by atoms with Crippen LogP contribution in [-0.4, -0.2) is 42.2 Å². The molecule has 0 bridgehead atoms. The number of nitrogens with zero attached hydrogens (tertiary/aromatic N) is 1. The fraction of sp³-hybridized carbons (Fsp3) is 0.412. The number of hydrogen-bond acceptors (Lipinski definition) is 3. The second kappa shape index (κ2) is 7.24. The van der Waals surface area contributed by atoms with Gasteiger partial charge in [-0.3, -0.25) is 4.79 Å². The van der Waals surface area contributed by atoms with Gasteiger partial charge < -0.3 is 20.3 Å². The highest BCUT2D eigenvalue weighted by atomic mass is 32.1. The number of carbonyl (C=O) groups is 1. The number of benzene rings is 1. The van der Waals surface area contributed by atoms with Gasteiger partial charge >= 0.3 is 6.18 Å². The summed E-state index contributed by atoms with van der Waals surface area (Å²) in [5.41, 5.74) is -0.543. The molecule has 1 amide bonds. The molecule has 5 nitrogen and oxygen atoms in total. The van der Waals surface area contributed by atoms with Gasteiger partial charge in [0.1, 0.15) is 5.92 Å². The molecule has 0 spiro atoms. The number of thiocarbonyl (C=S) groups is 1. The molecule has 26 heavy (non-hydrogen) atoms. The van der Waals surface area contributed by atoms with E-state index in [2.05, 4.69) is 17.2 Å². The first kappa shape index (κ1) is 18.7. The van der Waals surface area contributed by atoms with Crippen molar-refractivity contribution in [3.63, 3.8) is 0 Å². The Kier molecular flexibility index (Phi) is 5.19.